The van der Waals surface area contributed by atoms with Gasteiger partial charge in [-0.15, -0.1) is 0 Å². The molecule has 2 aliphatic rings. The van der Waals surface area contributed by atoms with Crippen molar-refractivity contribution in [1.29, 1.82) is 0 Å². The van der Waals surface area contributed by atoms with Crippen LogP contribution >= 0.6 is 0 Å². The summed E-state index contributed by atoms with van der Waals surface area (Å²) >= 11 is 0. The highest BCUT2D eigenvalue weighted by Gasteiger charge is 2.46. The predicted octanol–water partition coefficient (Wildman–Crippen LogP) is 1.75. The van der Waals surface area contributed by atoms with Crippen LogP contribution in [0.1, 0.15) is 25.0 Å². The average Bonchev–Trinajstić information content (AvgIpc) is 2.87. The van der Waals surface area contributed by atoms with E-state index in [2.05, 4.69) is 4.98 Å². The Morgan fingerprint density at radius 2 is 2.13 bits per heavy atom. The molecule has 0 bridgehead atoms. The zero-order chi connectivity index (χ0) is 10.3. The molecule has 80 valence electrons. The monoisotopic (exact) mass is 205 g/mol. The van der Waals surface area contributed by atoms with E-state index in [-0.39, 0.29) is 6.61 Å². The van der Waals surface area contributed by atoms with E-state index in [1.54, 1.807) is 6.20 Å². The second kappa shape index (κ2) is 3.49. The zero-order valence-corrected chi connectivity index (χ0v) is 8.60. The highest BCUT2D eigenvalue weighted by atomic mass is 16.5. The molecule has 0 saturated heterocycles. The topological polar surface area (TPSA) is 42.4 Å². The SMILES string of the molecule is OCc1cc(OC2CC3CC3C2)ccn1. The van der Waals surface area contributed by atoms with Crippen molar-refractivity contribution in [1.82, 2.24) is 4.98 Å². The van der Waals surface area contributed by atoms with Crippen molar-refractivity contribution in [3.8, 4) is 5.75 Å². The summed E-state index contributed by atoms with van der Waals surface area (Å²) < 4.78 is 5.87. The molecule has 0 spiro atoms. The van der Waals surface area contributed by atoms with Crippen LogP contribution in [0.4, 0.5) is 0 Å². The molecule has 0 radical (unpaired) electrons. The van der Waals surface area contributed by atoms with Gasteiger partial charge in [0.1, 0.15) is 5.75 Å². The molecule has 1 N–H and O–H groups in total. The van der Waals surface area contributed by atoms with Gasteiger partial charge in [0.15, 0.2) is 0 Å². The Kier molecular flexibility index (Phi) is 2.13. The van der Waals surface area contributed by atoms with Gasteiger partial charge in [-0.05, 0) is 37.2 Å². The van der Waals surface area contributed by atoms with E-state index in [0.717, 1.165) is 17.6 Å². The summed E-state index contributed by atoms with van der Waals surface area (Å²) in [4.78, 5) is 4.03. The fourth-order valence-electron chi connectivity index (χ4n) is 2.56. The Bertz CT molecular complexity index is 356. The second-order valence-corrected chi connectivity index (χ2v) is 4.61. The van der Waals surface area contributed by atoms with Gasteiger partial charge in [-0.25, -0.2) is 0 Å². The van der Waals surface area contributed by atoms with Gasteiger partial charge in [-0.2, -0.15) is 0 Å². The summed E-state index contributed by atoms with van der Waals surface area (Å²) in [5.41, 5.74) is 0.677. The first kappa shape index (κ1) is 9.16. The smallest absolute Gasteiger partial charge is 0.123 e. The van der Waals surface area contributed by atoms with Gasteiger partial charge in [-0.1, -0.05) is 0 Å². The number of aliphatic hydroxyl groups excluding tert-OH is 1. The lowest BCUT2D eigenvalue weighted by molar-refractivity contribution is 0.193. The molecule has 0 aliphatic heterocycles. The fourth-order valence-corrected chi connectivity index (χ4v) is 2.56. The molecule has 0 aromatic carbocycles. The number of hydrogen-bond donors (Lipinski definition) is 1. The lowest BCUT2D eigenvalue weighted by Crippen LogP contribution is -2.13. The minimum absolute atomic E-state index is 0.0207. The molecule has 2 saturated carbocycles. The molecule has 1 aromatic rings. The lowest BCUT2D eigenvalue weighted by Gasteiger charge is -2.15. The lowest BCUT2D eigenvalue weighted by atomic mass is 10.2. The first-order valence-corrected chi connectivity index (χ1v) is 5.57. The molecule has 3 rings (SSSR count). The highest BCUT2D eigenvalue weighted by Crippen LogP contribution is 2.52. The van der Waals surface area contributed by atoms with Crippen molar-refractivity contribution in [3.63, 3.8) is 0 Å². The van der Waals surface area contributed by atoms with Crippen molar-refractivity contribution >= 4 is 0 Å². The molecule has 0 amide bonds. The molecule has 2 atom stereocenters. The molecular weight excluding hydrogens is 190 g/mol. The summed E-state index contributed by atoms with van der Waals surface area (Å²) in [5, 5.41) is 8.95. The fraction of sp³-hybridized carbons (Fsp3) is 0.583. The van der Waals surface area contributed by atoms with E-state index < -0.39 is 0 Å². The van der Waals surface area contributed by atoms with Crippen LogP contribution < -0.4 is 4.74 Å². The summed E-state index contributed by atoms with van der Waals surface area (Å²) in [6.07, 6.45) is 5.92. The van der Waals surface area contributed by atoms with Crippen molar-refractivity contribution in [2.75, 3.05) is 0 Å². The highest BCUT2D eigenvalue weighted by molar-refractivity contribution is 5.23. The van der Waals surface area contributed by atoms with Gasteiger partial charge in [-0.3, -0.25) is 4.98 Å². The minimum Gasteiger partial charge on any atom is -0.490 e. The van der Waals surface area contributed by atoms with Crippen LogP contribution in [0.2, 0.25) is 0 Å². The molecule has 2 aliphatic carbocycles. The van der Waals surface area contributed by atoms with Crippen molar-refractivity contribution in [3.05, 3.63) is 24.0 Å². The first-order valence-electron chi connectivity index (χ1n) is 5.57. The van der Waals surface area contributed by atoms with E-state index >= 15 is 0 Å². The summed E-state index contributed by atoms with van der Waals surface area (Å²) in [7, 11) is 0. The van der Waals surface area contributed by atoms with Crippen LogP contribution in [0.3, 0.4) is 0 Å². The zero-order valence-electron chi connectivity index (χ0n) is 8.60. The second-order valence-electron chi connectivity index (χ2n) is 4.61. The maximum atomic E-state index is 8.95. The van der Waals surface area contributed by atoms with Gasteiger partial charge >= 0.3 is 0 Å². The van der Waals surface area contributed by atoms with Gasteiger partial charge in [0.25, 0.3) is 0 Å². The van der Waals surface area contributed by atoms with Crippen LogP contribution in [0.25, 0.3) is 0 Å². The van der Waals surface area contributed by atoms with Crippen molar-refractivity contribution in [2.24, 2.45) is 11.8 Å². The third kappa shape index (κ3) is 1.84. The van der Waals surface area contributed by atoms with E-state index in [0.29, 0.717) is 11.8 Å². The standard InChI is InChI=1S/C12H15NO2/c14-7-10-6-11(1-2-13-10)15-12-4-8-3-9(8)5-12/h1-2,6,8-9,12,14H,3-5,7H2. The number of aliphatic hydroxyl groups is 1. The van der Waals surface area contributed by atoms with Crippen LogP contribution in [-0.2, 0) is 6.61 Å². The Hall–Kier alpha value is -1.09. The molecule has 15 heavy (non-hydrogen) atoms. The quantitative estimate of drug-likeness (QED) is 0.817. The Morgan fingerprint density at radius 3 is 2.87 bits per heavy atom. The van der Waals surface area contributed by atoms with Gasteiger partial charge in [0, 0.05) is 12.3 Å². The molecule has 3 heteroatoms. The first-order chi connectivity index (χ1) is 7.35. The van der Waals surface area contributed by atoms with Crippen LogP contribution in [0, 0.1) is 11.8 Å². The van der Waals surface area contributed by atoms with E-state index in [1.165, 1.54) is 19.3 Å². The number of rotatable bonds is 3. The molecule has 1 heterocycles. The molecule has 3 nitrogen and oxygen atoms in total. The molecule has 2 unspecified atom stereocenters. The normalized spacial score (nSPS) is 32.5. The third-order valence-electron chi connectivity index (χ3n) is 3.45. The summed E-state index contributed by atoms with van der Waals surface area (Å²) in [6.45, 7) is -0.0207. The van der Waals surface area contributed by atoms with E-state index in [9.17, 15) is 0 Å². The predicted molar refractivity (Wildman–Crippen MR) is 55.4 cm³/mol. The molecule has 1 aromatic heterocycles. The van der Waals surface area contributed by atoms with Crippen LogP contribution in [-0.4, -0.2) is 16.2 Å². The Labute approximate surface area is 89.1 Å². The Morgan fingerprint density at radius 1 is 1.33 bits per heavy atom. The van der Waals surface area contributed by atoms with E-state index in [4.69, 9.17) is 9.84 Å². The number of pyridine rings is 1. The summed E-state index contributed by atoms with van der Waals surface area (Å²) in [5.74, 6) is 2.73. The number of ether oxygens (including phenoxy) is 1. The van der Waals surface area contributed by atoms with Gasteiger partial charge < -0.3 is 9.84 Å². The maximum absolute atomic E-state index is 8.95. The number of fused-ring (bicyclic) bond motifs is 1. The number of hydrogen-bond acceptors (Lipinski definition) is 3. The largest absolute Gasteiger partial charge is 0.490 e. The third-order valence-corrected chi connectivity index (χ3v) is 3.45. The van der Waals surface area contributed by atoms with Gasteiger partial charge in [0.05, 0.1) is 18.4 Å². The molecule has 2 fully saturated rings. The minimum atomic E-state index is -0.0207. The van der Waals surface area contributed by atoms with Crippen molar-refractivity contribution < 1.29 is 9.84 Å². The van der Waals surface area contributed by atoms with Crippen LogP contribution in [0.15, 0.2) is 18.3 Å². The Balaban J connectivity index is 1.65. The van der Waals surface area contributed by atoms with Crippen molar-refractivity contribution in [2.45, 2.75) is 32.0 Å². The number of nitrogens with zero attached hydrogens (tertiary/aromatic N) is 1. The average molecular weight is 205 g/mol. The summed E-state index contributed by atoms with van der Waals surface area (Å²) in [6, 6.07) is 3.69. The molecular formula is C12H15NO2. The van der Waals surface area contributed by atoms with Crippen LogP contribution in [0.5, 0.6) is 5.75 Å². The van der Waals surface area contributed by atoms with Gasteiger partial charge in [0.2, 0.25) is 0 Å². The maximum Gasteiger partial charge on any atom is 0.123 e. The number of aromatic nitrogens is 1. The van der Waals surface area contributed by atoms with E-state index in [1.807, 2.05) is 12.1 Å².